The number of nitrogens with one attached hydrogen (secondary N) is 1. The summed E-state index contributed by atoms with van der Waals surface area (Å²) in [4.78, 5) is 13.0. The second kappa shape index (κ2) is 8.02. The minimum Gasteiger partial charge on any atom is -0.394 e. The minimum atomic E-state index is -0.924. The van der Waals surface area contributed by atoms with Crippen LogP contribution in [0, 0.1) is 6.92 Å². The van der Waals surface area contributed by atoms with Gasteiger partial charge in [-0.2, -0.15) is 0 Å². The summed E-state index contributed by atoms with van der Waals surface area (Å²) in [5.41, 5.74) is 0.176. The normalized spacial score (nSPS) is 11.4. The van der Waals surface area contributed by atoms with Crippen LogP contribution in [-0.2, 0) is 4.79 Å². The number of rotatable bonds is 7. The van der Waals surface area contributed by atoms with Gasteiger partial charge in [-0.05, 0) is 37.1 Å². The lowest BCUT2D eigenvalue weighted by molar-refractivity contribution is -0.121. The van der Waals surface area contributed by atoms with Gasteiger partial charge >= 0.3 is 0 Å². The van der Waals surface area contributed by atoms with Crippen LogP contribution < -0.4 is 5.32 Å². The molecule has 0 radical (unpaired) electrons. The summed E-state index contributed by atoms with van der Waals surface area (Å²) in [6.07, 6.45) is 0.480. The zero-order valence-electron chi connectivity index (χ0n) is 11.6. The molecule has 0 unspecified atom stereocenters. The molecule has 4 nitrogen and oxygen atoms in total. The highest BCUT2D eigenvalue weighted by atomic mass is 79.9. The highest BCUT2D eigenvalue weighted by Gasteiger charge is 2.28. The van der Waals surface area contributed by atoms with Gasteiger partial charge in [0.1, 0.15) is 0 Å². The number of halogens is 1. The van der Waals surface area contributed by atoms with E-state index in [2.05, 4.69) is 21.2 Å². The summed E-state index contributed by atoms with van der Waals surface area (Å²) in [5.74, 6) is 0.0618. The van der Waals surface area contributed by atoms with Gasteiger partial charge in [-0.25, -0.2) is 0 Å². The van der Waals surface area contributed by atoms with E-state index >= 15 is 0 Å². The first-order chi connectivity index (χ1) is 9.46. The molecular weight excluding hydrogens is 342 g/mol. The molecule has 0 atom stereocenters. The van der Waals surface area contributed by atoms with Crippen LogP contribution in [-0.4, -0.2) is 40.6 Å². The quantitative estimate of drug-likeness (QED) is 0.650. The summed E-state index contributed by atoms with van der Waals surface area (Å²) < 4.78 is 1.01. The van der Waals surface area contributed by atoms with Crippen molar-refractivity contribution in [3.63, 3.8) is 0 Å². The molecule has 1 aromatic carbocycles. The van der Waals surface area contributed by atoms with Gasteiger partial charge in [-0.15, -0.1) is 11.8 Å². The topological polar surface area (TPSA) is 69.6 Å². The molecule has 0 aliphatic carbocycles. The lowest BCUT2D eigenvalue weighted by atomic mass is 9.99. The Morgan fingerprint density at radius 3 is 2.55 bits per heavy atom. The molecule has 0 saturated carbocycles. The molecule has 0 saturated heterocycles. The number of thioether (sulfide) groups is 1. The van der Waals surface area contributed by atoms with Crippen molar-refractivity contribution >= 4 is 33.6 Å². The highest BCUT2D eigenvalue weighted by molar-refractivity contribution is 9.10. The van der Waals surface area contributed by atoms with E-state index in [1.807, 2.05) is 32.0 Å². The van der Waals surface area contributed by atoms with E-state index in [1.165, 1.54) is 11.8 Å². The monoisotopic (exact) mass is 361 g/mol. The van der Waals surface area contributed by atoms with Gasteiger partial charge in [0, 0.05) is 9.37 Å². The number of hydrogen-bond donors (Lipinski definition) is 3. The standard InChI is InChI=1S/C14H20BrNO3S/c1-3-14(8-17,9-18)16-13(19)7-20-12-5-4-11(15)6-10(12)2/h4-6,17-18H,3,7-9H2,1-2H3,(H,16,19). The van der Waals surface area contributed by atoms with Crippen molar-refractivity contribution < 1.29 is 15.0 Å². The zero-order chi connectivity index (χ0) is 15.2. The van der Waals surface area contributed by atoms with Crippen LogP contribution in [0.5, 0.6) is 0 Å². The number of amides is 1. The predicted molar refractivity (Wildman–Crippen MR) is 84.9 cm³/mol. The molecule has 1 amide bonds. The fraction of sp³-hybridized carbons (Fsp3) is 0.500. The number of hydrogen-bond acceptors (Lipinski definition) is 4. The molecule has 0 fully saturated rings. The highest BCUT2D eigenvalue weighted by Crippen LogP contribution is 2.25. The van der Waals surface area contributed by atoms with Crippen molar-refractivity contribution in [3.8, 4) is 0 Å². The van der Waals surface area contributed by atoms with Crippen molar-refractivity contribution in [2.75, 3.05) is 19.0 Å². The summed E-state index contributed by atoms with van der Waals surface area (Å²) in [6, 6.07) is 5.89. The van der Waals surface area contributed by atoms with Crippen LogP contribution in [0.2, 0.25) is 0 Å². The van der Waals surface area contributed by atoms with Crippen LogP contribution in [0.4, 0.5) is 0 Å². The Kier molecular flexibility index (Phi) is 7.02. The average Bonchev–Trinajstić information content (AvgIpc) is 2.44. The van der Waals surface area contributed by atoms with E-state index in [9.17, 15) is 15.0 Å². The molecule has 0 aromatic heterocycles. The SMILES string of the molecule is CCC(CO)(CO)NC(=O)CSc1ccc(Br)cc1C. The van der Waals surface area contributed by atoms with Crippen molar-refractivity contribution in [2.24, 2.45) is 0 Å². The maximum Gasteiger partial charge on any atom is 0.230 e. The maximum absolute atomic E-state index is 11.9. The van der Waals surface area contributed by atoms with E-state index < -0.39 is 5.54 Å². The first-order valence-corrected chi connectivity index (χ1v) is 8.16. The Bertz CT molecular complexity index is 455. The first kappa shape index (κ1) is 17.5. The number of benzene rings is 1. The van der Waals surface area contributed by atoms with E-state index in [4.69, 9.17) is 0 Å². The smallest absolute Gasteiger partial charge is 0.230 e. The van der Waals surface area contributed by atoms with E-state index in [0.29, 0.717) is 6.42 Å². The molecule has 20 heavy (non-hydrogen) atoms. The third kappa shape index (κ3) is 4.77. The van der Waals surface area contributed by atoms with Crippen molar-refractivity contribution in [1.82, 2.24) is 5.32 Å². The first-order valence-electron chi connectivity index (χ1n) is 6.38. The van der Waals surface area contributed by atoms with Gasteiger partial charge in [0.15, 0.2) is 0 Å². The van der Waals surface area contributed by atoms with Crippen LogP contribution in [0.15, 0.2) is 27.6 Å². The Balaban J connectivity index is 2.59. The number of carbonyl (C=O) groups excluding carboxylic acids is 1. The Morgan fingerprint density at radius 1 is 1.40 bits per heavy atom. The second-order valence-electron chi connectivity index (χ2n) is 4.70. The third-order valence-corrected chi connectivity index (χ3v) is 4.85. The molecule has 0 aliphatic rings. The van der Waals surface area contributed by atoms with Gasteiger partial charge in [0.05, 0.1) is 24.5 Å². The zero-order valence-corrected chi connectivity index (χ0v) is 14.1. The fourth-order valence-electron chi connectivity index (χ4n) is 1.69. The van der Waals surface area contributed by atoms with Gasteiger partial charge in [-0.1, -0.05) is 22.9 Å². The lowest BCUT2D eigenvalue weighted by Crippen LogP contribution is -2.54. The van der Waals surface area contributed by atoms with Crippen LogP contribution in [0.3, 0.4) is 0 Å². The third-order valence-electron chi connectivity index (χ3n) is 3.18. The molecule has 0 aliphatic heterocycles. The maximum atomic E-state index is 11.9. The van der Waals surface area contributed by atoms with Gasteiger partial charge < -0.3 is 15.5 Å². The molecule has 1 rings (SSSR count). The van der Waals surface area contributed by atoms with Gasteiger partial charge in [-0.3, -0.25) is 4.79 Å². The Labute approximate surface area is 132 Å². The summed E-state index contributed by atoms with van der Waals surface area (Å²) in [6.45, 7) is 3.27. The van der Waals surface area contributed by atoms with Gasteiger partial charge in [0.25, 0.3) is 0 Å². The van der Waals surface area contributed by atoms with Crippen LogP contribution in [0.25, 0.3) is 0 Å². The largest absolute Gasteiger partial charge is 0.394 e. The van der Waals surface area contributed by atoms with Crippen molar-refractivity contribution in [1.29, 1.82) is 0 Å². The predicted octanol–water partition coefficient (Wildman–Crippen LogP) is 2.10. The van der Waals surface area contributed by atoms with Crippen LogP contribution >= 0.6 is 27.7 Å². The summed E-state index contributed by atoms with van der Waals surface area (Å²) >= 11 is 4.84. The molecule has 0 spiro atoms. The molecule has 3 N–H and O–H groups in total. The molecule has 0 heterocycles. The summed E-state index contributed by atoms with van der Waals surface area (Å²) in [7, 11) is 0. The number of carbonyl (C=O) groups is 1. The average molecular weight is 362 g/mol. The van der Waals surface area contributed by atoms with Crippen molar-refractivity contribution in [3.05, 3.63) is 28.2 Å². The molecule has 6 heteroatoms. The molecule has 112 valence electrons. The van der Waals surface area contributed by atoms with E-state index in [-0.39, 0.29) is 24.9 Å². The number of aliphatic hydroxyl groups excluding tert-OH is 2. The second-order valence-corrected chi connectivity index (χ2v) is 6.63. The lowest BCUT2D eigenvalue weighted by Gasteiger charge is -2.29. The Hall–Kier alpha value is -0.560. The van der Waals surface area contributed by atoms with Gasteiger partial charge in [0.2, 0.25) is 5.91 Å². The van der Waals surface area contributed by atoms with E-state index in [1.54, 1.807) is 0 Å². The molecular formula is C14H20BrNO3S. The minimum absolute atomic E-state index is 0.192. The summed E-state index contributed by atoms with van der Waals surface area (Å²) in [5, 5.41) is 21.3. The fourth-order valence-corrected chi connectivity index (χ4v) is 2.98. The molecule has 1 aromatic rings. The van der Waals surface area contributed by atoms with Crippen LogP contribution in [0.1, 0.15) is 18.9 Å². The van der Waals surface area contributed by atoms with Crippen molar-refractivity contribution in [2.45, 2.75) is 30.7 Å². The number of aryl methyl sites for hydroxylation is 1. The Morgan fingerprint density at radius 2 is 2.05 bits per heavy atom. The molecule has 0 bridgehead atoms. The van der Waals surface area contributed by atoms with E-state index in [0.717, 1.165) is 14.9 Å². The number of aliphatic hydroxyl groups is 2.